The van der Waals surface area contributed by atoms with E-state index in [1.54, 1.807) is 12.1 Å². The molecule has 0 bridgehead atoms. The van der Waals surface area contributed by atoms with Crippen LogP contribution < -0.4 is 10.1 Å². The lowest BCUT2D eigenvalue weighted by Crippen LogP contribution is -2.47. The van der Waals surface area contributed by atoms with Gasteiger partial charge in [-0.2, -0.15) is 21.3 Å². The molecule has 1 N–H and O–H groups in total. The van der Waals surface area contributed by atoms with Gasteiger partial charge < -0.3 is 14.8 Å². The maximum absolute atomic E-state index is 12.6. The fraction of sp³-hybridized carbons (Fsp3) is 0.650. The lowest BCUT2D eigenvalue weighted by Gasteiger charge is -2.32. The Kier molecular flexibility index (Phi) is 8.70. The highest BCUT2D eigenvalue weighted by Crippen LogP contribution is 2.22. The first kappa shape index (κ1) is 25.8. The molecule has 2 saturated heterocycles. The summed E-state index contributed by atoms with van der Waals surface area (Å²) in [6.07, 6.45) is 0.942. The van der Waals surface area contributed by atoms with Crippen LogP contribution in [0.2, 0.25) is 0 Å². The number of hydrogen-bond donors (Lipinski definition) is 1. The first-order valence-corrected chi connectivity index (χ1v) is 13.7. The van der Waals surface area contributed by atoms with Gasteiger partial charge in [-0.05, 0) is 37.1 Å². The smallest absolute Gasteiger partial charge is 0.281 e. The van der Waals surface area contributed by atoms with Crippen LogP contribution in [0, 0.1) is 5.92 Å². The quantitative estimate of drug-likeness (QED) is 0.459. The van der Waals surface area contributed by atoms with Crippen LogP contribution in [0.1, 0.15) is 12.8 Å². The van der Waals surface area contributed by atoms with Gasteiger partial charge in [-0.3, -0.25) is 4.79 Å². The Morgan fingerprint density at radius 3 is 2.21 bits per heavy atom. The van der Waals surface area contributed by atoms with E-state index in [1.165, 1.54) is 39.1 Å². The summed E-state index contributed by atoms with van der Waals surface area (Å²) in [6.45, 7) is 2.61. The van der Waals surface area contributed by atoms with Gasteiger partial charge in [0.15, 0.2) is 0 Å². The van der Waals surface area contributed by atoms with Gasteiger partial charge in [0.25, 0.3) is 10.2 Å². The van der Waals surface area contributed by atoms with Gasteiger partial charge in [-0.1, -0.05) is 0 Å². The third kappa shape index (κ3) is 6.43. The molecule has 1 aromatic rings. The van der Waals surface area contributed by atoms with Gasteiger partial charge in [0, 0.05) is 46.2 Å². The van der Waals surface area contributed by atoms with Crippen molar-refractivity contribution in [1.82, 2.24) is 18.2 Å². The molecular weight excluding hydrogens is 472 g/mol. The minimum atomic E-state index is -3.55. The topological polar surface area (TPSA) is 126 Å². The van der Waals surface area contributed by atoms with E-state index in [0.29, 0.717) is 64.5 Å². The Balaban J connectivity index is 1.40. The summed E-state index contributed by atoms with van der Waals surface area (Å²) >= 11 is 0. The normalized spacial score (nSPS) is 19.5. The lowest BCUT2D eigenvalue weighted by molar-refractivity contribution is -0.126. The predicted molar refractivity (Wildman–Crippen MR) is 121 cm³/mol. The third-order valence-corrected chi connectivity index (χ3v) is 9.57. The van der Waals surface area contributed by atoms with Crippen molar-refractivity contribution in [2.75, 3.05) is 66.6 Å². The second kappa shape index (κ2) is 11.1. The van der Waals surface area contributed by atoms with Crippen molar-refractivity contribution < 1.29 is 31.1 Å². The zero-order valence-corrected chi connectivity index (χ0v) is 20.6. The summed E-state index contributed by atoms with van der Waals surface area (Å²) in [5.74, 6) is 0.156. The molecular formula is C20H32N4O7S2. The van der Waals surface area contributed by atoms with E-state index in [4.69, 9.17) is 9.47 Å². The highest BCUT2D eigenvalue weighted by Gasteiger charge is 2.32. The molecule has 33 heavy (non-hydrogen) atoms. The summed E-state index contributed by atoms with van der Waals surface area (Å²) in [7, 11) is -4.02. The maximum Gasteiger partial charge on any atom is 0.281 e. The minimum absolute atomic E-state index is 0.118. The van der Waals surface area contributed by atoms with Gasteiger partial charge in [-0.15, -0.1) is 0 Å². The largest absolute Gasteiger partial charge is 0.492 e. The second-order valence-electron chi connectivity index (χ2n) is 8.09. The minimum Gasteiger partial charge on any atom is -0.492 e. The molecule has 0 atom stereocenters. The number of nitrogens with one attached hydrogen (secondary N) is 1. The number of piperidine rings is 1. The highest BCUT2D eigenvalue weighted by atomic mass is 32.2. The van der Waals surface area contributed by atoms with Crippen LogP contribution in [0.15, 0.2) is 29.2 Å². The van der Waals surface area contributed by atoms with Gasteiger partial charge in [0.1, 0.15) is 12.4 Å². The van der Waals surface area contributed by atoms with E-state index in [9.17, 15) is 21.6 Å². The highest BCUT2D eigenvalue weighted by molar-refractivity contribution is 7.89. The van der Waals surface area contributed by atoms with E-state index in [1.807, 2.05) is 0 Å². The first-order valence-electron chi connectivity index (χ1n) is 10.9. The Morgan fingerprint density at radius 2 is 1.64 bits per heavy atom. The number of morpholine rings is 1. The number of sulfonamides is 1. The molecule has 1 aromatic carbocycles. The van der Waals surface area contributed by atoms with Gasteiger partial charge in [-0.25, -0.2) is 8.42 Å². The predicted octanol–water partition coefficient (Wildman–Crippen LogP) is -0.279. The van der Waals surface area contributed by atoms with Crippen LogP contribution in [-0.2, 0) is 29.8 Å². The molecule has 3 rings (SSSR count). The Morgan fingerprint density at radius 1 is 1.03 bits per heavy atom. The van der Waals surface area contributed by atoms with Crippen molar-refractivity contribution in [1.29, 1.82) is 0 Å². The van der Waals surface area contributed by atoms with Gasteiger partial charge in [0.2, 0.25) is 15.9 Å². The lowest BCUT2D eigenvalue weighted by atomic mass is 9.97. The number of carbonyl (C=O) groups is 1. The summed E-state index contributed by atoms with van der Waals surface area (Å²) in [4.78, 5) is 12.6. The Hall–Kier alpha value is -1.77. The maximum atomic E-state index is 12.6. The van der Waals surface area contributed by atoms with Crippen LogP contribution in [0.3, 0.4) is 0 Å². The van der Waals surface area contributed by atoms with E-state index in [0.717, 1.165) is 0 Å². The number of benzene rings is 1. The van der Waals surface area contributed by atoms with Crippen LogP contribution >= 0.6 is 0 Å². The Labute approximate surface area is 195 Å². The van der Waals surface area contributed by atoms with E-state index >= 15 is 0 Å². The number of hydrogen-bond acceptors (Lipinski definition) is 7. The molecule has 0 unspecified atom stereocenters. The number of rotatable bonds is 9. The van der Waals surface area contributed by atoms with Crippen molar-refractivity contribution in [3.8, 4) is 5.75 Å². The van der Waals surface area contributed by atoms with E-state index in [-0.39, 0.29) is 23.3 Å². The number of ether oxygens (including phenoxy) is 2. The molecule has 0 saturated carbocycles. The number of amides is 1. The van der Waals surface area contributed by atoms with Crippen molar-refractivity contribution >= 4 is 26.1 Å². The second-order valence-corrected chi connectivity index (χ2v) is 12.2. The summed E-state index contributed by atoms with van der Waals surface area (Å²) in [6, 6.07) is 6.20. The summed E-state index contributed by atoms with van der Waals surface area (Å²) in [5, 5.41) is 2.82. The number of nitrogens with zero attached hydrogens (tertiary/aromatic N) is 3. The molecule has 186 valence electrons. The van der Waals surface area contributed by atoms with Crippen LogP contribution in [0.25, 0.3) is 0 Å². The SMILES string of the molecule is CN(C)S(=O)(=O)N1CCC(C(=O)NCCOc2ccc(S(=O)(=O)N3CCOCC3)cc2)CC1. The standard InChI is InChI=1S/C20H32N4O7S2/c1-22(2)33(28,29)24-10-7-17(8-11-24)20(25)21-9-14-31-18-3-5-19(6-4-18)32(26,27)23-12-15-30-16-13-23/h3-6,17H,7-16H2,1-2H3,(H,21,25). The molecule has 0 aliphatic carbocycles. The third-order valence-electron chi connectivity index (χ3n) is 5.71. The molecule has 0 radical (unpaired) electrons. The van der Waals surface area contributed by atoms with Crippen LogP contribution in [0.4, 0.5) is 0 Å². The molecule has 2 heterocycles. The molecule has 2 fully saturated rings. The van der Waals surface area contributed by atoms with Crippen molar-refractivity contribution in [3.63, 3.8) is 0 Å². The fourth-order valence-electron chi connectivity index (χ4n) is 3.71. The molecule has 11 nitrogen and oxygen atoms in total. The van der Waals surface area contributed by atoms with Crippen molar-refractivity contribution in [2.45, 2.75) is 17.7 Å². The zero-order valence-electron chi connectivity index (χ0n) is 19.0. The van der Waals surface area contributed by atoms with Crippen LogP contribution in [0.5, 0.6) is 5.75 Å². The average Bonchev–Trinajstić information content (AvgIpc) is 2.82. The Bertz CT molecular complexity index is 999. The molecule has 2 aliphatic rings. The molecule has 13 heteroatoms. The molecule has 2 aliphatic heterocycles. The van der Waals surface area contributed by atoms with Gasteiger partial charge >= 0.3 is 0 Å². The molecule has 0 aromatic heterocycles. The van der Waals surface area contributed by atoms with Gasteiger partial charge in [0.05, 0.1) is 24.7 Å². The molecule has 1 amide bonds. The van der Waals surface area contributed by atoms with Crippen LogP contribution in [-0.4, -0.2) is 102 Å². The monoisotopic (exact) mass is 504 g/mol. The summed E-state index contributed by atoms with van der Waals surface area (Å²) in [5.41, 5.74) is 0. The average molecular weight is 505 g/mol. The van der Waals surface area contributed by atoms with Crippen molar-refractivity contribution in [3.05, 3.63) is 24.3 Å². The summed E-state index contributed by atoms with van der Waals surface area (Å²) < 4.78 is 64.4. The van der Waals surface area contributed by atoms with E-state index in [2.05, 4.69) is 5.32 Å². The number of carbonyl (C=O) groups excluding carboxylic acids is 1. The molecule has 0 spiro atoms. The fourth-order valence-corrected chi connectivity index (χ4v) is 6.25. The van der Waals surface area contributed by atoms with Crippen molar-refractivity contribution in [2.24, 2.45) is 5.92 Å². The van der Waals surface area contributed by atoms with E-state index < -0.39 is 20.2 Å². The zero-order chi connectivity index (χ0) is 24.1. The first-order chi connectivity index (χ1) is 15.6.